The number of rotatable bonds is 16. The van der Waals surface area contributed by atoms with E-state index in [4.69, 9.17) is 21.4 Å². The number of methoxy groups -OCH3 is 1. The van der Waals surface area contributed by atoms with E-state index in [1.54, 1.807) is 37.3 Å². The smallest absolute Gasteiger partial charge is 0.371 e. The summed E-state index contributed by atoms with van der Waals surface area (Å²) >= 11 is 5.75. The summed E-state index contributed by atoms with van der Waals surface area (Å²) in [6.07, 6.45) is 18.3. The molecule has 0 aromatic carbocycles. The van der Waals surface area contributed by atoms with E-state index in [-0.39, 0.29) is 23.5 Å². The number of carbonyl (C=O) groups is 3. The van der Waals surface area contributed by atoms with Crippen LogP contribution in [-0.4, -0.2) is 47.3 Å². The average molecular weight is 549 g/mol. The van der Waals surface area contributed by atoms with Gasteiger partial charge in [0.25, 0.3) is 0 Å². The molecule has 0 aliphatic rings. The van der Waals surface area contributed by atoms with Crippen molar-refractivity contribution in [3.63, 3.8) is 0 Å². The Kier molecular flexibility index (Phi) is 18.0. The first-order chi connectivity index (χ1) is 17.9. The fraction of sp³-hybridized carbons (Fsp3) is 0.414. The second-order valence-corrected chi connectivity index (χ2v) is 9.57. The molecule has 0 saturated heterocycles. The van der Waals surface area contributed by atoms with Gasteiger partial charge in [-0.3, -0.25) is 9.59 Å². The van der Waals surface area contributed by atoms with Crippen LogP contribution in [0.15, 0.2) is 83.3 Å². The van der Waals surface area contributed by atoms with Crippen LogP contribution in [0.4, 0.5) is 0 Å². The Morgan fingerprint density at radius 1 is 1.03 bits per heavy atom. The highest BCUT2D eigenvalue weighted by molar-refractivity contribution is 6.29. The molecule has 0 aliphatic heterocycles. The highest BCUT2D eigenvalue weighted by Crippen LogP contribution is 2.08. The van der Waals surface area contributed by atoms with E-state index in [2.05, 4.69) is 10.6 Å². The van der Waals surface area contributed by atoms with Gasteiger partial charge in [0.2, 0.25) is 17.6 Å². The van der Waals surface area contributed by atoms with Gasteiger partial charge in [-0.05, 0) is 50.8 Å². The number of carboxylic acids is 1. The molecular weight excluding hydrogens is 508 g/mol. The molecule has 0 aromatic heterocycles. The fourth-order valence-corrected chi connectivity index (χ4v) is 3.10. The number of hydrogen-bond donors (Lipinski definition) is 4. The van der Waals surface area contributed by atoms with Crippen molar-refractivity contribution in [3.05, 3.63) is 83.3 Å². The predicted octanol–water partition coefficient (Wildman–Crippen LogP) is 4.91. The summed E-state index contributed by atoms with van der Waals surface area (Å²) in [7, 11) is 1.30. The number of allylic oxidation sites excluding steroid dienone is 9. The number of amides is 2. The molecule has 9 heteroatoms. The Balaban J connectivity index is 4.82. The summed E-state index contributed by atoms with van der Waals surface area (Å²) < 4.78 is 4.76. The summed E-state index contributed by atoms with van der Waals surface area (Å²) in [5.74, 6) is -2.12. The van der Waals surface area contributed by atoms with Crippen molar-refractivity contribution in [2.24, 2.45) is 11.8 Å². The number of hydrogen-bond acceptors (Lipinski definition) is 5. The van der Waals surface area contributed by atoms with Crippen molar-refractivity contribution in [3.8, 4) is 0 Å². The fourth-order valence-electron chi connectivity index (χ4n) is 3.01. The van der Waals surface area contributed by atoms with E-state index < -0.39 is 24.0 Å². The third kappa shape index (κ3) is 17.2. The van der Waals surface area contributed by atoms with Crippen molar-refractivity contribution in [2.45, 2.75) is 59.6 Å². The molecule has 0 aliphatic carbocycles. The van der Waals surface area contributed by atoms with Gasteiger partial charge < -0.3 is 25.6 Å². The standard InChI is InChI=1S/C29H41ClN2O6/c1-20(2)27(28(35)31-18-10-13-24(33)17-16-23(5)30)32-26(34)15-8-7-11-21(3)19-22(4)12-9-14-25(38-6)29(36)37/h7-12,14-16,18-20,22,24,27,33H,13,17H2,1-6H3,(H,31,35)(H,32,34)(H,36,37). The van der Waals surface area contributed by atoms with E-state index in [1.807, 2.05) is 45.9 Å². The van der Waals surface area contributed by atoms with E-state index in [0.29, 0.717) is 17.9 Å². The maximum absolute atomic E-state index is 12.5. The van der Waals surface area contributed by atoms with Crippen molar-refractivity contribution < 1.29 is 29.3 Å². The molecule has 0 heterocycles. The molecule has 8 nitrogen and oxygen atoms in total. The predicted molar refractivity (Wildman–Crippen MR) is 152 cm³/mol. The quantitative estimate of drug-likeness (QED) is 0.123. The maximum atomic E-state index is 12.5. The van der Waals surface area contributed by atoms with Gasteiger partial charge in [-0.25, -0.2) is 4.79 Å². The monoisotopic (exact) mass is 548 g/mol. The molecular formula is C29H41ClN2O6. The molecule has 0 spiro atoms. The molecule has 2 amide bonds. The van der Waals surface area contributed by atoms with Gasteiger partial charge in [0.15, 0.2) is 0 Å². The molecule has 0 aromatic rings. The average Bonchev–Trinajstić information content (AvgIpc) is 2.83. The van der Waals surface area contributed by atoms with E-state index in [9.17, 15) is 19.5 Å². The molecule has 0 fully saturated rings. The van der Waals surface area contributed by atoms with Gasteiger partial charge in [0, 0.05) is 11.1 Å². The lowest BCUT2D eigenvalue weighted by atomic mass is 10.0. The van der Waals surface area contributed by atoms with Crippen LogP contribution < -0.4 is 10.6 Å². The van der Waals surface area contributed by atoms with E-state index in [0.717, 1.165) is 5.57 Å². The van der Waals surface area contributed by atoms with Crippen LogP contribution in [0.25, 0.3) is 0 Å². The molecule has 3 unspecified atom stereocenters. The summed E-state index contributed by atoms with van der Waals surface area (Å²) in [5, 5.41) is 24.7. The number of halogens is 1. The summed E-state index contributed by atoms with van der Waals surface area (Å²) in [6, 6.07) is -0.726. The maximum Gasteiger partial charge on any atom is 0.371 e. The van der Waals surface area contributed by atoms with Gasteiger partial charge in [-0.2, -0.15) is 0 Å². The molecule has 4 N–H and O–H groups in total. The SMILES string of the molecule is COC(=CC=CC(C)C=C(C)C=CC=CC(=O)NC(C(=O)NC=CCC(O)CC=C(C)Cl)C(C)C)C(=O)O. The lowest BCUT2D eigenvalue weighted by Crippen LogP contribution is -2.48. The van der Waals surface area contributed by atoms with Gasteiger partial charge in [0.1, 0.15) is 6.04 Å². The Labute approximate surface area is 231 Å². The number of aliphatic carboxylic acids is 1. The van der Waals surface area contributed by atoms with Crippen molar-refractivity contribution in [2.75, 3.05) is 7.11 Å². The van der Waals surface area contributed by atoms with Crippen LogP contribution in [0.3, 0.4) is 0 Å². The van der Waals surface area contributed by atoms with Crippen LogP contribution >= 0.6 is 11.6 Å². The number of ether oxygens (including phenoxy) is 1. The number of aliphatic hydroxyl groups is 1. The van der Waals surface area contributed by atoms with E-state index >= 15 is 0 Å². The number of nitrogens with one attached hydrogen (secondary N) is 2. The highest BCUT2D eigenvalue weighted by Gasteiger charge is 2.22. The minimum Gasteiger partial charge on any atom is -0.490 e. The minimum atomic E-state index is -1.13. The Bertz CT molecular complexity index is 985. The van der Waals surface area contributed by atoms with Crippen LogP contribution in [0, 0.1) is 11.8 Å². The lowest BCUT2D eigenvalue weighted by Gasteiger charge is -2.20. The van der Waals surface area contributed by atoms with Crippen molar-refractivity contribution in [1.82, 2.24) is 10.6 Å². The minimum absolute atomic E-state index is 0.0457. The van der Waals surface area contributed by atoms with Gasteiger partial charge >= 0.3 is 5.97 Å². The first kappa shape index (κ1) is 34.6. The molecule has 0 radical (unpaired) electrons. The zero-order valence-electron chi connectivity index (χ0n) is 23.0. The second kappa shape index (κ2) is 19.7. The van der Waals surface area contributed by atoms with Gasteiger partial charge in [-0.1, -0.05) is 86.6 Å². The summed E-state index contributed by atoms with van der Waals surface area (Å²) in [6.45, 7) is 9.26. The molecule has 0 saturated carbocycles. The Morgan fingerprint density at radius 2 is 1.68 bits per heavy atom. The Morgan fingerprint density at radius 3 is 2.26 bits per heavy atom. The first-order valence-corrected chi connectivity index (χ1v) is 12.7. The normalized spacial score (nSPS) is 16.0. The molecule has 0 bridgehead atoms. The van der Waals surface area contributed by atoms with E-state index in [1.165, 1.54) is 25.5 Å². The summed E-state index contributed by atoms with van der Waals surface area (Å²) in [5.41, 5.74) is 0.951. The van der Waals surface area contributed by atoms with Gasteiger partial charge in [0.05, 0.1) is 13.2 Å². The van der Waals surface area contributed by atoms with Crippen molar-refractivity contribution in [1.29, 1.82) is 0 Å². The topological polar surface area (TPSA) is 125 Å². The van der Waals surface area contributed by atoms with Crippen LogP contribution in [0.1, 0.15) is 47.5 Å². The zero-order valence-corrected chi connectivity index (χ0v) is 23.7. The van der Waals surface area contributed by atoms with Gasteiger partial charge in [-0.15, -0.1) is 0 Å². The van der Waals surface area contributed by atoms with Crippen LogP contribution in [-0.2, 0) is 19.1 Å². The number of aliphatic hydroxyl groups excluding tert-OH is 1. The molecule has 0 rings (SSSR count). The summed E-state index contributed by atoms with van der Waals surface area (Å²) in [4.78, 5) is 35.7. The first-order valence-electron chi connectivity index (χ1n) is 12.3. The molecule has 3 atom stereocenters. The number of carboxylic acid groups (broad SMARTS) is 1. The zero-order chi connectivity index (χ0) is 29.1. The van der Waals surface area contributed by atoms with Crippen molar-refractivity contribution >= 4 is 29.4 Å². The Hall–Kier alpha value is -3.36. The lowest BCUT2D eigenvalue weighted by molar-refractivity contribution is -0.136. The number of carbonyl (C=O) groups excluding carboxylic acids is 2. The molecule has 210 valence electrons. The van der Waals surface area contributed by atoms with Crippen LogP contribution in [0.5, 0.6) is 0 Å². The third-order valence-corrected chi connectivity index (χ3v) is 5.16. The second-order valence-electron chi connectivity index (χ2n) is 8.97. The largest absolute Gasteiger partial charge is 0.490 e. The van der Waals surface area contributed by atoms with Crippen LogP contribution in [0.2, 0.25) is 0 Å². The molecule has 38 heavy (non-hydrogen) atoms. The third-order valence-electron chi connectivity index (χ3n) is 5.01. The highest BCUT2D eigenvalue weighted by atomic mass is 35.5.